The molecule has 1 N–H and O–H groups in total. The number of anilines is 1. The summed E-state index contributed by atoms with van der Waals surface area (Å²) in [5.41, 5.74) is 1.57. The van der Waals surface area contributed by atoms with Gasteiger partial charge in [-0.25, -0.2) is 8.42 Å². The van der Waals surface area contributed by atoms with Gasteiger partial charge in [-0.15, -0.1) is 0 Å². The van der Waals surface area contributed by atoms with Crippen LogP contribution in [-0.4, -0.2) is 27.5 Å². The number of aromatic nitrogens is 1. The average Bonchev–Trinajstić information content (AvgIpc) is 2.54. The summed E-state index contributed by atoms with van der Waals surface area (Å²) in [5, 5.41) is 3.12. The monoisotopic (exact) mass is 305 g/mol. The van der Waals surface area contributed by atoms with Gasteiger partial charge in [0, 0.05) is 19.3 Å². The van der Waals surface area contributed by atoms with Crippen molar-refractivity contribution in [1.82, 2.24) is 10.3 Å². The van der Waals surface area contributed by atoms with Crippen LogP contribution in [0.25, 0.3) is 0 Å². The molecule has 0 spiro atoms. The van der Waals surface area contributed by atoms with Crippen molar-refractivity contribution in [2.75, 3.05) is 18.4 Å². The Morgan fingerprint density at radius 3 is 2.38 bits per heavy atom. The third-order valence-electron chi connectivity index (χ3n) is 3.48. The number of pyridine rings is 1. The van der Waals surface area contributed by atoms with E-state index in [1.807, 2.05) is 26.1 Å². The highest BCUT2D eigenvalue weighted by Gasteiger charge is 2.21. The second kappa shape index (κ2) is 6.24. The minimum Gasteiger partial charge on any atom is -0.313 e. The summed E-state index contributed by atoms with van der Waals surface area (Å²) in [4.78, 5) is 4.21. The normalized spacial score (nSPS) is 12.9. The molecule has 1 aromatic heterocycles. The molecule has 112 valence electrons. The molecule has 0 aliphatic heterocycles. The molecule has 2 rings (SSSR count). The first-order valence-electron chi connectivity index (χ1n) is 6.63. The minimum atomic E-state index is -3.57. The molecular weight excluding hydrogens is 286 g/mol. The molecular formula is C15H19N3O2S. The number of hydrogen-bond donors (Lipinski definition) is 1. The van der Waals surface area contributed by atoms with Crippen molar-refractivity contribution < 1.29 is 8.42 Å². The number of rotatable bonds is 5. The third-order valence-corrected chi connectivity index (χ3v) is 5.28. The second-order valence-electron chi connectivity index (χ2n) is 4.76. The lowest BCUT2D eigenvalue weighted by Gasteiger charge is -2.19. The Bertz CT molecular complexity index is 685. The molecule has 5 nitrogen and oxygen atoms in total. The summed E-state index contributed by atoms with van der Waals surface area (Å²) in [5.74, 6) is 0. The lowest BCUT2D eigenvalue weighted by atomic mass is 10.1. The fourth-order valence-electron chi connectivity index (χ4n) is 1.93. The molecule has 0 radical (unpaired) electrons. The van der Waals surface area contributed by atoms with Crippen molar-refractivity contribution in [3.8, 4) is 0 Å². The zero-order chi connectivity index (χ0) is 15.5. The van der Waals surface area contributed by atoms with E-state index in [9.17, 15) is 8.42 Å². The van der Waals surface area contributed by atoms with Crippen molar-refractivity contribution in [3.63, 3.8) is 0 Å². The number of sulfonamides is 1. The highest BCUT2D eigenvalue weighted by atomic mass is 32.2. The average molecular weight is 305 g/mol. The Morgan fingerprint density at radius 1 is 1.19 bits per heavy atom. The Kier molecular flexibility index (Phi) is 4.59. The largest absolute Gasteiger partial charge is 0.313 e. The SMILES string of the molecule is CNC(C)c1ccc(S(=O)(=O)N(C)c2cccnc2)cc1. The van der Waals surface area contributed by atoms with Gasteiger partial charge in [0.25, 0.3) is 10.0 Å². The summed E-state index contributed by atoms with van der Waals surface area (Å²) in [7, 11) is -0.177. The van der Waals surface area contributed by atoms with Gasteiger partial charge in [0.15, 0.2) is 0 Å². The smallest absolute Gasteiger partial charge is 0.264 e. The van der Waals surface area contributed by atoms with Gasteiger partial charge in [-0.05, 0) is 43.8 Å². The topological polar surface area (TPSA) is 62.3 Å². The predicted octanol–water partition coefficient (Wildman–Crippen LogP) is 2.19. The maximum Gasteiger partial charge on any atom is 0.264 e. The molecule has 0 aliphatic carbocycles. The summed E-state index contributed by atoms with van der Waals surface area (Å²) in [6.07, 6.45) is 3.13. The van der Waals surface area contributed by atoms with Gasteiger partial charge < -0.3 is 5.32 Å². The van der Waals surface area contributed by atoms with Gasteiger partial charge in [-0.2, -0.15) is 0 Å². The molecule has 21 heavy (non-hydrogen) atoms. The van der Waals surface area contributed by atoms with Crippen molar-refractivity contribution in [3.05, 3.63) is 54.4 Å². The second-order valence-corrected chi connectivity index (χ2v) is 6.73. The fraction of sp³-hybridized carbons (Fsp3) is 0.267. The van der Waals surface area contributed by atoms with Crippen LogP contribution in [0.4, 0.5) is 5.69 Å². The number of hydrogen-bond acceptors (Lipinski definition) is 4. The van der Waals surface area contributed by atoms with Crippen molar-refractivity contribution in [2.45, 2.75) is 17.9 Å². The maximum atomic E-state index is 12.6. The van der Waals surface area contributed by atoms with Crippen LogP contribution in [0.2, 0.25) is 0 Å². The molecule has 1 unspecified atom stereocenters. The summed E-state index contributed by atoms with van der Waals surface area (Å²) >= 11 is 0. The zero-order valence-corrected chi connectivity index (χ0v) is 13.1. The van der Waals surface area contributed by atoms with E-state index in [4.69, 9.17) is 0 Å². The summed E-state index contributed by atoms with van der Waals surface area (Å²) in [6.45, 7) is 2.02. The number of nitrogens with one attached hydrogen (secondary N) is 1. The first-order chi connectivity index (χ1) is 9.96. The summed E-state index contributed by atoms with van der Waals surface area (Å²) in [6, 6.07) is 10.5. The van der Waals surface area contributed by atoms with Crippen LogP contribution in [0.5, 0.6) is 0 Å². The first kappa shape index (κ1) is 15.5. The van der Waals surface area contributed by atoms with Crippen molar-refractivity contribution in [2.24, 2.45) is 0 Å². The van der Waals surface area contributed by atoms with Crippen LogP contribution in [0, 0.1) is 0 Å². The van der Waals surface area contributed by atoms with Gasteiger partial charge in [0.2, 0.25) is 0 Å². The van der Waals surface area contributed by atoms with E-state index < -0.39 is 10.0 Å². The predicted molar refractivity (Wildman–Crippen MR) is 83.7 cm³/mol. The van der Waals surface area contributed by atoms with Gasteiger partial charge >= 0.3 is 0 Å². The van der Waals surface area contributed by atoms with E-state index in [1.54, 1.807) is 30.5 Å². The Balaban J connectivity index is 2.32. The molecule has 2 aromatic rings. The van der Waals surface area contributed by atoms with Crippen LogP contribution in [-0.2, 0) is 10.0 Å². The lowest BCUT2D eigenvalue weighted by Crippen LogP contribution is -2.26. The molecule has 0 aliphatic rings. The Hall–Kier alpha value is -1.92. The molecule has 0 fully saturated rings. The molecule has 0 bridgehead atoms. The highest BCUT2D eigenvalue weighted by molar-refractivity contribution is 7.92. The van der Waals surface area contributed by atoms with Crippen molar-refractivity contribution in [1.29, 1.82) is 0 Å². The zero-order valence-electron chi connectivity index (χ0n) is 12.3. The fourth-order valence-corrected chi connectivity index (χ4v) is 3.11. The molecule has 0 saturated carbocycles. The maximum absolute atomic E-state index is 12.6. The summed E-state index contributed by atoms with van der Waals surface area (Å²) < 4.78 is 26.4. The van der Waals surface area contributed by atoms with Gasteiger partial charge in [-0.3, -0.25) is 9.29 Å². The van der Waals surface area contributed by atoms with E-state index in [1.165, 1.54) is 17.5 Å². The first-order valence-corrected chi connectivity index (χ1v) is 8.07. The lowest BCUT2D eigenvalue weighted by molar-refractivity contribution is 0.594. The van der Waals surface area contributed by atoms with Crippen molar-refractivity contribution >= 4 is 15.7 Å². The van der Waals surface area contributed by atoms with E-state index in [2.05, 4.69) is 10.3 Å². The molecule has 0 amide bonds. The van der Waals surface area contributed by atoms with Crippen LogP contribution in [0.15, 0.2) is 53.7 Å². The Labute approximate surface area is 125 Å². The van der Waals surface area contributed by atoms with E-state index >= 15 is 0 Å². The van der Waals surface area contributed by atoms with Crippen LogP contribution < -0.4 is 9.62 Å². The Morgan fingerprint density at radius 2 is 1.86 bits per heavy atom. The highest BCUT2D eigenvalue weighted by Crippen LogP contribution is 2.22. The molecule has 1 aromatic carbocycles. The van der Waals surface area contributed by atoms with Gasteiger partial charge in [-0.1, -0.05) is 12.1 Å². The van der Waals surface area contributed by atoms with E-state index in [0.29, 0.717) is 5.69 Å². The van der Waals surface area contributed by atoms with Gasteiger partial charge in [0.05, 0.1) is 16.8 Å². The number of nitrogens with zero attached hydrogens (tertiary/aromatic N) is 2. The quantitative estimate of drug-likeness (QED) is 0.920. The molecule has 0 saturated heterocycles. The van der Waals surface area contributed by atoms with Crippen LogP contribution in [0.1, 0.15) is 18.5 Å². The third kappa shape index (κ3) is 3.22. The van der Waals surface area contributed by atoms with E-state index in [-0.39, 0.29) is 10.9 Å². The molecule has 1 heterocycles. The van der Waals surface area contributed by atoms with E-state index in [0.717, 1.165) is 5.56 Å². The molecule has 6 heteroatoms. The number of benzene rings is 1. The minimum absolute atomic E-state index is 0.179. The van der Waals surface area contributed by atoms with Crippen LogP contribution >= 0.6 is 0 Å². The molecule has 1 atom stereocenters. The van der Waals surface area contributed by atoms with Gasteiger partial charge in [0.1, 0.15) is 0 Å². The standard InChI is InChI=1S/C15H19N3O2S/c1-12(16-2)13-6-8-15(9-7-13)21(19,20)18(3)14-5-4-10-17-11-14/h4-12,16H,1-3H3. The van der Waals surface area contributed by atoms with Crippen LogP contribution in [0.3, 0.4) is 0 Å².